The minimum Gasteiger partial charge on any atom is -0.504 e. The highest BCUT2D eigenvalue weighted by Gasteiger charge is 2.32. The molecule has 2 rings (SSSR count). The summed E-state index contributed by atoms with van der Waals surface area (Å²) in [6.07, 6.45) is 2.66. The fraction of sp³-hybridized carbons (Fsp3) is 0.467. The molecule has 0 aromatic heterocycles. The van der Waals surface area contributed by atoms with E-state index >= 15 is 0 Å². The molecular formula is C15H22N3O5+. The van der Waals surface area contributed by atoms with Gasteiger partial charge < -0.3 is 25.5 Å². The summed E-state index contributed by atoms with van der Waals surface area (Å²) in [7, 11) is 0. The number of nitrogens with one attached hydrogen (secondary N) is 1. The number of carbonyl (C=O) groups is 2. The molecule has 0 aliphatic carbocycles. The number of quaternary nitrogens is 1. The number of hydrogen-bond acceptors (Lipinski definition) is 5. The van der Waals surface area contributed by atoms with Crippen LogP contribution in [0.2, 0.25) is 0 Å². The SMILES string of the molecule is [NH3+]C(=O)C1CCCCN1C(=O)NCCc1ccc(O)c(O)c1O. The summed E-state index contributed by atoms with van der Waals surface area (Å²) in [4.78, 5) is 25.2. The lowest BCUT2D eigenvalue weighted by Crippen LogP contribution is -2.68. The number of benzene rings is 1. The van der Waals surface area contributed by atoms with Crippen molar-refractivity contribution in [1.29, 1.82) is 0 Å². The molecule has 7 N–H and O–H groups in total. The van der Waals surface area contributed by atoms with Gasteiger partial charge in [-0.15, -0.1) is 0 Å². The van der Waals surface area contributed by atoms with Crippen molar-refractivity contribution >= 4 is 11.9 Å². The second-order valence-electron chi connectivity index (χ2n) is 5.59. The lowest BCUT2D eigenvalue weighted by Gasteiger charge is -2.32. The third-order valence-electron chi connectivity index (χ3n) is 4.02. The maximum Gasteiger partial charge on any atom is 0.331 e. The Morgan fingerprint density at radius 3 is 2.65 bits per heavy atom. The van der Waals surface area contributed by atoms with Gasteiger partial charge in [0.15, 0.2) is 11.5 Å². The number of carbonyl (C=O) groups excluding carboxylic acids is 2. The van der Waals surface area contributed by atoms with Gasteiger partial charge in [-0.3, -0.25) is 5.73 Å². The summed E-state index contributed by atoms with van der Waals surface area (Å²) in [5.41, 5.74) is 3.81. The molecule has 126 valence electrons. The van der Waals surface area contributed by atoms with Gasteiger partial charge in [-0.25, -0.2) is 9.59 Å². The number of aromatic hydroxyl groups is 3. The first kappa shape index (κ1) is 16.9. The van der Waals surface area contributed by atoms with Crippen molar-refractivity contribution in [1.82, 2.24) is 10.2 Å². The van der Waals surface area contributed by atoms with E-state index in [-0.39, 0.29) is 24.9 Å². The van der Waals surface area contributed by atoms with E-state index in [0.29, 0.717) is 18.5 Å². The lowest BCUT2D eigenvalue weighted by molar-refractivity contribution is -0.311. The maximum absolute atomic E-state index is 12.2. The predicted octanol–water partition coefficient (Wildman–Crippen LogP) is -0.322. The Bertz CT molecular complexity index is 605. The first-order valence-corrected chi connectivity index (χ1v) is 7.55. The van der Waals surface area contributed by atoms with Crippen molar-refractivity contribution in [2.24, 2.45) is 0 Å². The lowest BCUT2D eigenvalue weighted by atomic mass is 10.0. The van der Waals surface area contributed by atoms with Crippen molar-refractivity contribution in [3.05, 3.63) is 17.7 Å². The fourth-order valence-electron chi connectivity index (χ4n) is 2.73. The van der Waals surface area contributed by atoms with E-state index in [9.17, 15) is 24.9 Å². The Balaban J connectivity index is 1.92. The van der Waals surface area contributed by atoms with Crippen LogP contribution in [0.1, 0.15) is 24.8 Å². The molecule has 1 aliphatic heterocycles. The Kier molecular flexibility index (Phi) is 5.28. The van der Waals surface area contributed by atoms with E-state index in [2.05, 4.69) is 11.1 Å². The molecule has 1 saturated heterocycles. The van der Waals surface area contributed by atoms with Gasteiger partial charge in [0.25, 0.3) is 0 Å². The van der Waals surface area contributed by atoms with Gasteiger partial charge in [0, 0.05) is 13.1 Å². The zero-order chi connectivity index (χ0) is 17.0. The first-order valence-electron chi connectivity index (χ1n) is 7.55. The molecule has 1 aliphatic rings. The van der Waals surface area contributed by atoms with Gasteiger partial charge in [-0.2, -0.15) is 0 Å². The summed E-state index contributed by atoms with van der Waals surface area (Å²) >= 11 is 0. The van der Waals surface area contributed by atoms with Crippen LogP contribution >= 0.6 is 0 Å². The Labute approximate surface area is 133 Å². The van der Waals surface area contributed by atoms with Crippen LogP contribution in [-0.2, 0) is 11.2 Å². The zero-order valence-corrected chi connectivity index (χ0v) is 12.8. The van der Waals surface area contributed by atoms with Crippen molar-refractivity contribution in [2.45, 2.75) is 31.7 Å². The van der Waals surface area contributed by atoms with Crippen molar-refractivity contribution in [2.75, 3.05) is 13.1 Å². The van der Waals surface area contributed by atoms with Crippen LogP contribution in [-0.4, -0.2) is 51.3 Å². The normalized spacial score (nSPS) is 17.8. The summed E-state index contributed by atoms with van der Waals surface area (Å²) in [5, 5.41) is 31.1. The minimum absolute atomic E-state index is 0.227. The molecule has 1 aromatic rings. The van der Waals surface area contributed by atoms with E-state index in [4.69, 9.17) is 0 Å². The van der Waals surface area contributed by atoms with E-state index in [1.165, 1.54) is 17.0 Å². The largest absolute Gasteiger partial charge is 0.504 e. The quantitative estimate of drug-likeness (QED) is 0.483. The van der Waals surface area contributed by atoms with Gasteiger partial charge in [0.1, 0.15) is 6.04 Å². The molecule has 8 nitrogen and oxygen atoms in total. The average molecular weight is 324 g/mol. The van der Waals surface area contributed by atoms with Gasteiger partial charge in [0.05, 0.1) is 0 Å². The van der Waals surface area contributed by atoms with Crippen LogP contribution in [0.25, 0.3) is 0 Å². The van der Waals surface area contributed by atoms with Crippen LogP contribution in [0.15, 0.2) is 12.1 Å². The smallest absolute Gasteiger partial charge is 0.331 e. The van der Waals surface area contributed by atoms with Gasteiger partial charge in [0.2, 0.25) is 5.75 Å². The molecule has 23 heavy (non-hydrogen) atoms. The number of rotatable bonds is 4. The molecule has 0 bridgehead atoms. The fourth-order valence-corrected chi connectivity index (χ4v) is 2.73. The van der Waals surface area contributed by atoms with E-state index < -0.39 is 23.3 Å². The topological polar surface area (TPSA) is 138 Å². The number of nitrogens with zero attached hydrogens (tertiary/aromatic N) is 1. The maximum atomic E-state index is 12.2. The number of urea groups is 1. The molecule has 0 spiro atoms. The predicted molar refractivity (Wildman–Crippen MR) is 80.8 cm³/mol. The molecule has 1 unspecified atom stereocenters. The monoisotopic (exact) mass is 324 g/mol. The second kappa shape index (κ2) is 7.19. The molecule has 8 heteroatoms. The number of hydrogen-bond donors (Lipinski definition) is 5. The summed E-state index contributed by atoms with van der Waals surface area (Å²) in [6.45, 7) is 0.744. The number of phenols is 3. The summed E-state index contributed by atoms with van der Waals surface area (Å²) < 4.78 is 0. The molecule has 1 atom stereocenters. The van der Waals surface area contributed by atoms with Gasteiger partial charge in [-0.1, -0.05) is 6.07 Å². The number of amides is 3. The van der Waals surface area contributed by atoms with Crippen LogP contribution in [0.4, 0.5) is 4.79 Å². The molecular weight excluding hydrogens is 302 g/mol. The molecule has 1 fully saturated rings. The first-order chi connectivity index (χ1) is 10.9. The van der Waals surface area contributed by atoms with Crippen LogP contribution in [0.5, 0.6) is 17.2 Å². The van der Waals surface area contributed by atoms with Gasteiger partial charge >= 0.3 is 11.9 Å². The van der Waals surface area contributed by atoms with Crippen molar-refractivity contribution < 1.29 is 30.6 Å². The highest BCUT2D eigenvalue weighted by molar-refractivity contribution is 5.81. The highest BCUT2D eigenvalue weighted by Crippen LogP contribution is 2.37. The number of phenolic OH excluding ortho intramolecular Hbond substituents is 3. The van der Waals surface area contributed by atoms with Crippen LogP contribution < -0.4 is 11.1 Å². The Morgan fingerprint density at radius 2 is 1.96 bits per heavy atom. The summed E-state index contributed by atoms with van der Waals surface area (Å²) in [6, 6.07) is 1.93. The third kappa shape index (κ3) is 3.84. The minimum atomic E-state index is -0.576. The summed E-state index contributed by atoms with van der Waals surface area (Å²) in [5.74, 6) is -1.64. The van der Waals surface area contributed by atoms with E-state index in [0.717, 1.165) is 12.8 Å². The Morgan fingerprint density at radius 1 is 1.22 bits per heavy atom. The van der Waals surface area contributed by atoms with Gasteiger partial charge in [-0.05, 0) is 37.3 Å². The molecule has 0 radical (unpaired) electrons. The standard InChI is InChI=1S/C15H21N3O5/c16-14(22)10-3-1-2-8-18(10)15(23)17-7-6-9-4-5-11(19)13(21)12(9)20/h4-5,10,19-21H,1-3,6-8H2,(H2,16,22)(H,17,23)/p+1. The van der Waals surface area contributed by atoms with Crippen molar-refractivity contribution in [3.63, 3.8) is 0 Å². The van der Waals surface area contributed by atoms with E-state index in [1.54, 1.807) is 0 Å². The highest BCUT2D eigenvalue weighted by atomic mass is 16.3. The molecule has 1 aromatic carbocycles. The average Bonchev–Trinajstić information content (AvgIpc) is 2.54. The Hall–Kier alpha value is -2.48. The molecule has 3 amide bonds. The zero-order valence-electron chi connectivity index (χ0n) is 12.8. The van der Waals surface area contributed by atoms with E-state index in [1.807, 2.05) is 0 Å². The number of likely N-dealkylation sites (tertiary alicyclic amines) is 1. The van der Waals surface area contributed by atoms with Crippen LogP contribution in [0, 0.1) is 0 Å². The number of piperidine rings is 1. The second-order valence-corrected chi connectivity index (χ2v) is 5.59. The third-order valence-corrected chi connectivity index (χ3v) is 4.02. The molecule has 1 heterocycles. The van der Waals surface area contributed by atoms with Crippen LogP contribution in [0.3, 0.4) is 0 Å². The van der Waals surface area contributed by atoms with Crippen molar-refractivity contribution in [3.8, 4) is 17.2 Å². The molecule has 0 saturated carbocycles.